The third-order valence-corrected chi connectivity index (χ3v) is 1.61. The van der Waals surface area contributed by atoms with E-state index in [1.807, 2.05) is 0 Å². The first-order chi connectivity index (χ1) is 3.83. The number of hydrogen-bond acceptors (Lipinski definition) is 2. The van der Waals surface area contributed by atoms with Crippen molar-refractivity contribution >= 4 is 5.78 Å². The van der Waals surface area contributed by atoms with Gasteiger partial charge in [-0.15, -0.1) is 0 Å². The number of carbonyl (C=O) groups excluding carboxylic acids is 1. The summed E-state index contributed by atoms with van der Waals surface area (Å²) >= 11 is 0. The number of aliphatic hydroxyl groups excluding tert-OH is 1. The predicted octanol–water partition coefficient (Wildman–Crippen LogP) is 0.348. The van der Waals surface area contributed by atoms with Gasteiger partial charge in [-0.1, -0.05) is 0 Å². The molecule has 0 saturated heterocycles. The van der Waals surface area contributed by atoms with Crippen LogP contribution in [0.5, 0.6) is 0 Å². The van der Waals surface area contributed by atoms with Crippen LogP contribution in [0.1, 0.15) is 19.3 Å². The highest BCUT2D eigenvalue weighted by atomic mass is 16.3. The van der Waals surface area contributed by atoms with E-state index in [0.29, 0.717) is 18.6 Å². The molecule has 2 heteroatoms. The Balaban J connectivity index is 2.32. The Kier molecular flexibility index (Phi) is 1.63. The van der Waals surface area contributed by atoms with Gasteiger partial charge in [-0.05, 0) is 12.3 Å². The Labute approximate surface area is 48.5 Å². The molecule has 0 amide bonds. The summed E-state index contributed by atoms with van der Waals surface area (Å²) in [6.07, 6.45) is 2.19. The lowest BCUT2D eigenvalue weighted by Crippen LogP contribution is -1.99. The lowest BCUT2D eigenvalue weighted by Gasteiger charge is -1.97. The molecule has 1 aliphatic carbocycles. The smallest absolute Gasteiger partial charge is 0.133 e. The summed E-state index contributed by atoms with van der Waals surface area (Å²) in [5, 5.41) is 8.53. The average Bonchev–Trinajstić information content (AvgIpc) is 2.14. The Morgan fingerprint density at radius 3 is 2.75 bits per heavy atom. The summed E-state index contributed by atoms with van der Waals surface area (Å²) in [5.74, 6) is 0.589. The number of rotatable bonds is 1. The van der Waals surface area contributed by atoms with E-state index in [4.69, 9.17) is 5.11 Å². The van der Waals surface area contributed by atoms with Gasteiger partial charge in [-0.3, -0.25) is 4.79 Å². The van der Waals surface area contributed by atoms with Crippen LogP contribution in [0, 0.1) is 5.92 Å². The fourth-order valence-corrected chi connectivity index (χ4v) is 1.05. The van der Waals surface area contributed by atoms with E-state index in [9.17, 15) is 4.79 Å². The molecule has 0 bridgehead atoms. The second-order valence-electron chi connectivity index (χ2n) is 2.33. The summed E-state index contributed by atoms with van der Waals surface area (Å²) in [4.78, 5) is 10.5. The minimum Gasteiger partial charge on any atom is -0.396 e. The topological polar surface area (TPSA) is 37.3 Å². The van der Waals surface area contributed by atoms with E-state index < -0.39 is 0 Å². The van der Waals surface area contributed by atoms with Crippen molar-refractivity contribution in [1.82, 2.24) is 0 Å². The zero-order valence-corrected chi connectivity index (χ0v) is 4.76. The fraction of sp³-hybridized carbons (Fsp3) is 0.833. The molecule has 2 nitrogen and oxygen atoms in total. The number of hydrogen-bond donors (Lipinski definition) is 1. The Bertz CT molecular complexity index is 98.7. The third-order valence-electron chi connectivity index (χ3n) is 1.61. The van der Waals surface area contributed by atoms with Crippen LogP contribution in [0.2, 0.25) is 0 Å². The van der Waals surface area contributed by atoms with Crippen LogP contribution in [-0.4, -0.2) is 17.5 Å². The zero-order valence-electron chi connectivity index (χ0n) is 4.76. The highest BCUT2D eigenvalue weighted by molar-refractivity contribution is 5.80. The Hall–Kier alpha value is -0.370. The van der Waals surface area contributed by atoms with Gasteiger partial charge in [-0.2, -0.15) is 0 Å². The molecule has 1 aliphatic rings. The predicted molar refractivity (Wildman–Crippen MR) is 29.4 cm³/mol. The molecule has 1 rings (SSSR count). The molecule has 0 spiro atoms. The molecule has 46 valence electrons. The highest BCUT2D eigenvalue weighted by Crippen LogP contribution is 2.20. The molecule has 0 aromatic rings. The van der Waals surface area contributed by atoms with E-state index >= 15 is 0 Å². The van der Waals surface area contributed by atoms with Gasteiger partial charge < -0.3 is 5.11 Å². The molecule has 0 aliphatic heterocycles. The van der Waals surface area contributed by atoms with Crippen LogP contribution >= 0.6 is 0 Å². The van der Waals surface area contributed by atoms with E-state index in [-0.39, 0.29) is 12.5 Å². The number of ketones is 1. The van der Waals surface area contributed by atoms with Crippen LogP contribution in [0.25, 0.3) is 0 Å². The quantitative estimate of drug-likeness (QED) is 0.534. The van der Waals surface area contributed by atoms with Crippen molar-refractivity contribution in [3.05, 3.63) is 0 Å². The first kappa shape index (κ1) is 5.76. The van der Waals surface area contributed by atoms with Crippen molar-refractivity contribution in [2.24, 2.45) is 5.92 Å². The molecule has 0 heterocycles. The largest absolute Gasteiger partial charge is 0.396 e. The van der Waals surface area contributed by atoms with Crippen LogP contribution < -0.4 is 0 Å². The summed E-state index contributed by atoms with van der Waals surface area (Å²) < 4.78 is 0. The average molecular weight is 114 g/mol. The third kappa shape index (κ3) is 1.07. The van der Waals surface area contributed by atoms with Crippen molar-refractivity contribution in [1.29, 1.82) is 0 Å². The van der Waals surface area contributed by atoms with Crippen LogP contribution in [-0.2, 0) is 4.79 Å². The number of carbonyl (C=O) groups is 1. The minimum absolute atomic E-state index is 0.186. The first-order valence-electron chi connectivity index (χ1n) is 2.95. The van der Waals surface area contributed by atoms with Crippen LogP contribution in [0.3, 0.4) is 0 Å². The van der Waals surface area contributed by atoms with Gasteiger partial charge >= 0.3 is 0 Å². The van der Waals surface area contributed by atoms with Crippen LogP contribution in [0.4, 0.5) is 0 Å². The maximum absolute atomic E-state index is 10.5. The van der Waals surface area contributed by atoms with Crippen molar-refractivity contribution in [3.8, 4) is 0 Å². The molecule has 0 radical (unpaired) electrons. The van der Waals surface area contributed by atoms with E-state index in [2.05, 4.69) is 0 Å². The second-order valence-corrected chi connectivity index (χ2v) is 2.33. The molecule has 1 saturated carbocycles. The van der Waals surface area contributed by atoms with Gasteiger partial charge in [0.2, 0.25) is 0 Å². The highest BCUT2D eigenvalue weighted by Gasteiger charge is 2.20. The SMILES string of the molecule is O=C1CC[C@H](CO)C1. The number of aliphatic hydroxyl groups is 1. The molecule has 8 heavy (non-hydrogen) atoms. The molecule has 1 atom stereocenters. The summed E-state index contributed by atoms with van der Waals surface area (Å²) in [7, 11) is 0. The summed E-state index contributed by atoms with van der Waals surface area (Å²) in [5.41, 5.74) is 0. The van der Waals surface area contributed by atoms with Gasteiger partial charge in [0, 0.05) is 19.4 Å². The summed E-state index contributed by atoms with van der Waals surface area (Å²) in [6.45, 7) is 0.186. The molecular formula is C6H10O2. The van der Waals surface area contributed by atoms with Crippen molar-refractivity contribution in [2.45, 2.75) is 19.3 Å². The van der Waals surface area contributed by atoms with Gasteiger partial charge in [0.15, 0.2) is 0 Å². The standard InChI is InChI=1S/C6H10O2/c7-4-5-1-2-6(8)3-5/h5,7H,1-4H2/t5-/m0/s1. The maximum atomic E-state index is 10.5. The molecule has 0 aromatic heterocycles. The van der Waals surface area contributed by atoms with Crippen molar-refractivity contribution in [3.63, 3.8) is 0 Å². The number of Topliss-reactive ketones (excluding diaryl/α,β-unsaturated/α-hetero) is 1. The normalized spacial score (nSPS) is 29.1. The van der Waals surface area contributed by atoms with E-state index in [1.54, 1.807) is 0 Å². The summed E-state index contributed by atoms with van der Waals surface area (Å²) in [6, 6.07) is 0. The van der Waals surface area contributed by atoms with Gasteiger partial charge in [0.1, 0.15) is 5.78 Å². The molecule has 0 aromatic carbocycles. The fourth-order valence-electron chi connectivity index (χ4n) is 1.05. The molecule has 1 fully saturated rings. The second kappa shape index (κ2) is 2.27. The minimum atomic E-state index is 0.186. The molecular weight excluding hydrogens is 104 g/mol. The van der Waals surface area contributed by atoms with Crippen molar-refractivity contribution in [2.75, 3.05) is 6.61 Å². The van der Waals surface area contributed by atoms with Gasteiger partial charge in [0.25, 0.3) is 0 Å². The lowest BCUT2D eigenvalue weighted by atomic mass is 10.1. The van der Waals surface area contributed by atoms with Crippen molar-refractivity contribution < 1.29 is 9.90 Å². The van der Waals surface area contributed by atoms with E-state index in [1.165, 1.54) is 0 Å². The maximum Gasteiger partial charge on any atom is 0.133 e. The Morgan fingerprint density at radius 1 is 1.75 bits per heavy atom. The molecule has 0 unspecified atom stereocenters. The monoisotopic (exact) mass is 114 g/mol. The van der Waals surface area contributed by atoms with Gasteiger partial charge in [0.05, 0.1) is 0 Å². The Morgan fingerprint density at radius 2 is 2.50 bits per heavy atom. The zero-order chi connectivity index (χ0) is 5.98. The van der Waals surface area contributed by atoms with E-state index in [0.717, 1.165) is 6.42 Å². The molecule has 1 N–H and O–H groups in total. The van der Waals surface area contributed by atoms with Crippen LogP contribution in [0.15, 0.2) is 0 Å². The lowest BCUT2D eigenvalue weighted by molar-refractivity contribution is -0.117. The first-order valence-corrected chi connectivity index (χ1v) is 2.95. The van der Waals surface area contributed by atoms with Gasteiger partial charge in [-0.25, -0.2) is 0 Å².